The van der Waals surface area contributed by atoms with Crippen LogP contribution in [0.4, 0.5) is 0 Å². The summed E-state index contributed by atoms with van der Waals surface area (Å²) < 4.78 is 6.87. The summed E-state index contributed by atoms with van der Waals surface area (Å²) in [7, 11) is 0. The maximum absolute atomic E-state index is 11.5. The smallest absolute Gasteiger partial charge is 0.261 e. The zero-order valence-electron chi connectivity index (χ0n) is 8.73. The van der Waals surface area contributed by atoms with Crippen LogP contribution in [-0.4, -0.2) is 21.1 Å². The number of H-pyrrole nitrogens is 1. The Labute approximate surface area is 91.1 Å². The van der Waals surface area contributed by atoms with E-state index in [4.69, 9.17) is 10.00 Å². The van der Waals surface area contributed by atoms with Crippen LogP contribution in [0, 0.1) is 11.3 Å². The number of fused-ring (bicyclic) bond motifs is 1. The van der Waals surface area contributed by atoms with Crippen LogP contribution in [-0.2, 0) is 11.5 Å². The van der Waals surface area contributed by atoms with Crippen molar-refractivity contribution in [2.45, 2.75) is 13.7 Å². The standard InChI is InChI=1S/C10H10N4O2/c1-2-16-6-14-4-7(3-11)8-9(14)12-5-13-10(8)15/h4-5H,2,6H2,1H3,(H,12,13,15). The third-order valence-electron chi connectivity index (χ3n) is 2.21. The molecular formula is C10H10N4O2. The number of aromatic amines is 1. The average Bonchev–Trinajstić information content (AvgIpc) is 2.66. The molecular weight excluding hydrogens is 208 g/mol. The highest BCUT2D eigenvalue weighted by Crippen LogP contribution is 2.14. The fraction of sp³-hybridized carbons (Fsp3) is 0.300. The fourth-order valence-corrected chi connectivity index (χ4v) is 1.51. The molecule has 0 aromatic carbocycles. The predicted molar refractivity (Wildman–Crippen MR) is 56.7 cm³/mol. The highest BCUT2D eigenvalue weighted by Gasteiger charge is 2.12. The number of hydrogen-bond donors (Lipinski definition) is 1. The molecule has 16 heavy (non-hydrogen) atoms. The molecule has 0 bridgehead atoms. The van der Waals surface area contributed by atoms with Crippen molar-refractivity contribution in [3.63, 3.8) is 0 Å². The Morgan fingerprint density at radius 3 is 3.19 bits per heavy atom. The van der Waals surface area contributed by atoms with Crippen molar-refractivity contribution >= 4 is 11.0 Å². The third kappa shape index (κ3) is 1.57. The van der Waals surface area contributed by atoms with Crippen LogP contribution in [0.25, 0.3) is 11.0 Å². The topological polar surface area (TPSA) is 83.7 Å². The molecule has 0 saturated heterocycles. The number of nitriles is 1. The molecule has 2 rings (SSSR count). The van der Waals surface area contributed by atoms with Crippen molar-refractivity contribution in [2.75, 3.05) is 6.61 Å². The highest BCUT2D eigenvalue weighted by molar-refractivity contribution is 5.81. The first kappa shape index (κ1) is 10.4. The first-order chi connectivity index (χ1) is 7.77. The predicted octanol–water partition coefficient (Wildman–Crippen LogP) is 0.590. The lowest BCUT2D eigenvalue weighted by molar-refractivity contribution is 0.0905. The average molecular weight is 218 g/mol. The van der Waals surface area contributed by atoms with Gasteiger partial charge in [-0.1, -0.05) is 0 Å². The van der Waals surface area contributed by atoms with Crippen LogP contribution in [0.2, 0.25) is 0 Å². The molecule has 0 spiro atoms. The monoisotopic (exact) mass is 218 g/mol. The lowest BCUT2D eigenvalue weighted by Gasteiger charge is -2.02. The van der Waals surface area contributed by atoms with Crippen LogP contribution < -0.4 is 5.56 Å². The Morgan fingerprint density at radius 2 is 2.50 bits per heavy atom. The fourth-order valence-electron chi connectivity index (χ4n) is 1.51. The molecule has 82 valence electrons. The molecule has 6 nitrogen and oxygen atoms in total. The Hall–Kier alpha value is -2.13. The maximum Gasteiger partial charge on any atom is 0.261 e. The van der Waals surface area contributed by atoms with Gasteiger partial charge in [-0.2, -0.15) is 5.26 Å². The van der Waals surface area contributed by atoms with Gasteiger partial charge in [-0.25, -0.2) is 4.98 Å². The van der Waals surface area contributed by atoms with E-state index in [1.54, 1.807) is 10.8 Å². The van der Waals surface area contributed by atoms with Crippen molar-refractivity contribution in [2.24, 2.45) is 0 Å². The number of ether oxygens (including phenoxy) is 1. The molecule has 6 heteroatoms. The lowest BCUT2D eigenvalue weighted by Crippen LogP contribution is -2.08. The number of hydrogen-bond acceptors (Lipinski definition) is 4. The molecule has 0 aliphatic carbocycles. The van der Waals surface area contributed by atoms with Gasteiger partial charge in [-0.3, -0.25) is 4.79 Å². The molecule has 0 aliphatic rings. The summed E-state index contributed by atoms with van der Waals surface area (Å²) in [6.45, 7) is 2.72. The van der Waals surface area contributed by atoms with Crippen LogP contribution in [0.3, 0.4) is 0 Å². The lowest BCUT2D eigenvalue weighted by atomic mass is 10.3. The summed E-state index contributed by atoms with van der Waals surface area (Å²) >= 11 is 0. The van der Waals surface area contributed by atoms with Gasteiger partial charge in [0.05, 0.1) is 11.9 Å². The van der Waals surface area contributed by atoms with Crippen molar-refractivity contribution in [1.29, 1.82) is 5.26 Å². The summed E-state index contributed by atoms with van der Waals surface area (Å²) in [5.74, 6) is 0. The Balaban J connectivity index is 2.65. The second kappa shape index (κ2) is 4.16. The maximum atomic E-state index is 11.5. The van der Waals surface area contributed by atoms with E-state index in [-0.39, 0.29) is 12.3 Å². The zero-order chi connectivity index (χ0) is 11.5. The minimum absolute atomic E-state index is 0.283. The molecule has 2 aromatic heterocycles. The molecule has 0 fully saturated rings. The molecule has 0 amide bonds. The van der Waals surface area contributed by atoms with Crippen LogP contribution in [0.15, 0.2) is 17.3 Å². The van der Waals surface area contributed by atoms with Gasteiger partial charge in [0.2, 0.25) is 0 Å². The molecule has 2 aromatic rings. The molecule has 0 radical (unpaired) electrons. The van der Waals surface area contributed by atoms with Gasteiger partial charge in [0.1, 0.15) is 18.2 Å². The van der Waals surface area contributed by atoms with Crippen LogP contribution >= 0.6 is 0 Å². The molecule has 0 atom stereocenters. The minimum Gasteiger partial charge on any atom is -0.361 e. The van der Waals surface area contributed by atoms with Gasteiger partial charge in [0.15, 0.2) is 5.65 Å². The van der Waals surface area contributed by atoms with Gasteiger partial charge in [0, 0.05) is 12.8 Å². The van der Waals surface area contributed by atoms with E-state index in [2.05, 4.69) is 9.97 Å². The van der Waals surface area contributed by atoms with Gasteiger partial charge < -0.3 is 14.3 Å². The highest BCUT2D eigenvalue weighted by atomic mass is 16.5. The number of nitrogens with one attached hydrogen (secondary N) is 1. The number of rotatable bonds is 3. The number of nitrogens with zero attached hydrogens (tertiary/aromatic N) is 3. The van der Waals surface area contributed by atoms with E-state index >= 15 is 0 Å². The van der Waals surface area contributed by atoms with Gasteiger partial charge in [0.25, 0.3) is 5.56 Å². The summed E-state index contributed by atoms with van der Waals surface area (Å²) in [6, 6.07) is 1.97. The van der Waals surface area contributed by atoms with Crippen molar-refractivity contribution < 1.29 is 4.74 Å². The second-order valence-electron chi connectivity index (χ2n) is 3.18. The zero-order valence-corrected chi connectivity index (χ0v) is 8.73. The Kier molecular flexibility index (Phi) is 2.70. The van der Waals surface area contributed by atoms with Crippen LogP contribution in [0.1, 0.15) is 12.5 Å². The van der Waals surface area contributed by atoms with E-state index in [1.807, 2.05) is 13.0 Å². The van der Waals surface area contributed by atoms with Crippen molar-refractivity contribution in [3.8, 4) is 6.07 Å². The van der Waals surface area contributed by atoms with E-state index in [0.29, 0.717) is 23.2 Å². The third-order valence-corrected chi connectivity index (χ3v) is 2.21. The first-order valence-electron chi connectivity index (χ1n) is 4.82. The molecule has 1 N–H and O–H groups in total. The quantitative estimate of drug-likeness (QED) is 0.817. The normalized spacial score (nSPS) is 10.5. The van der Waals surface area contributed by atoms with E-state index in [0.717, 1.165) is 0 Å². The Morgan fingerprint density at radius 1 is 1.69 bits per heavy atom. The summed E-state index contributed by atoms with van der Waals surface area (Å²) in [5, 5.41) is 9.22. The van der Waals surface area contributed by atoms with Gasteiger partial charge >= 0.3 is 0 Å². The summed E-state index contributed by atoms with van der Waals surface area (Å²) in [4.78, 5) is 18.0. The molecule has 2 heterocycles. The van der Waals surface area contributed by atoms with Gasteiger partial charge in [-0.15, -0.1) is 0 Å². The first-order valence-corrected chi connectivity index (χ1v) is 4.82. The molecule has 0 aliphatic heterocycles. The van der Waals surface area contributed by atoms with E-state index < -0.39 is 0 Å². The second-order valence-corrected chi connectivity index (χ2v) is 3.18. The molecule has 0 saturated carbocycles. The van der Waals surface area contributed by atoms with Crippen LogP contribution in [0.5, 0.6) is 0 Å². The SMILES string of the molecule is CCOCn1cc(C#N)c2c(=O)[nH]cnc21. The number of aromatic nitrogens is 3. The summed E-state index contributed by atoms with van der Waals surface area (Å²) in [5.41, 5.74) is 0.467. The minimum atomic E-state index is -0.309. The van der Waals surface area contributed by atoms with Gasteiger partial charge in [-0.05, 0) is 6.92 Å². The van der Waals surface area contributed by atoms with Crippen molar-refractivity contribution in [1.82, 2.24) is 14.5 Å². The van der Waals surface area contributed by atoms with E-state index in [9.17, 15) is 4.79 Å². The van der Waals surface area contributed by atoms with E-state index in [1.165, 1.54) is 6.33 Å². The van der Waals surface area contributed by atoms with Crippen molar-refractivity contribution in [3.05, 3.63) is 28.4 Å². The molecule has 0 unspecified atom stereocenters. The largest absolute Gasteiger partial charge is 0.361 e. The Bertz CT molecular complexity index is 605. The summed E-state index contributed by atoms with van der Waals surface area (Å²) in [6.07, 6.45) is 2.89.